The molecule has 8 heteroatoms. The third-order valence-corrected chi connectivity index (χ3v) is 3.45. The highest BCUT2D eigenvalue weighted by Gasteiger charge is 2.32. The topological polar surface area (TPSA) is 59.1 Å². The molecule has 1 aliphatic rings. The number of para-hydroxylation sites is 2. The predicted octanol–water partition coefficient (Wildman–Crippen LogP) is 4.43. The normalized spacial score (nSPS) is 14.3. The molecule has 1 heterocycles. The van der Waals surface area contributed by atoms with Gasteiger partial charge in [-0.05, 0) is 31.9 Å². The smallest absolute Gasteiger partial charge is 0.404 e. The first-order chi connectivity index (χ1) is 11.4. The molecule has 1 aromatic heterocycles. The first-order valence-corrected chi connectivity index (χ1v) is 7.69. The lowest BCUT2D eigenvalue weighted by Crippen LogP contribution is -2.18. The number of benzene rings is 1. The van der Waals surface area contributed by atoms with E-state index in [-0.39, 0.29) is 11.4 Å². The lowest BCUT2D eigenvalue weighted by Gasteiger charge is -2.15. The largest absolute Gasteiger partial charge is 0.573 e. The monoisotopic (exact) mass is 338 g/mol. The summed E-state index contributed by atoms with van der Waals surface area (Å²) in [5, 5.41) is 5.94. The van der Waals surface area contributed by atoms with Gasteiger partial charge in [0.1, 0.15) is 5.82 Å². The molecule has 1 aliphatic carbocycles. The van der Waals surface area contributed by atoms with Crippen LogP contribution in [0.1, 0.15) is 31.4 Å². The van der Waals surface area contributed by atoms with E-state index in [1.165, 1.54) is 18.2 Å². The number of hydrogen-bond donors (Lipinski definition) is 2. The van der Waals surface area contributed by atoms with Crippen molar-refractivity contribution in [1.82, 2.24) is 9.97 Å². The second-order valence-corrected chi connectivity index (χ2v) is 5.48. The van der Waals surface area contributed by atoms with E-state index in [0.29, 0.717) is 24.2 Å². The van der Waals surface area contributed by atoms with Crippen LogP contribution in [0.25, 0.3) is 0 Å². The lowest BCUT2D eigenvalue weighted by molar-refractivity contribution is -0.274. The van der Waals surface area contributed by atoms with Gasteiger partial charge in [0.2, 0.25) is 5.95 Å². The van der Waals surface area contributed by atoms with Crippen molar-refractivity contribution in [3.05, 3.63) is 36.0 Å². The summed E-state index contributed by atoms with van der Waals surface area (Å²) in [4.78, 5) is 8.73. The van der Waals surface area contributed by atoms with Crippen LogP contribution in [0, 0.1) is 0 Å². The molecule has 1 aromatic carbocycles. The molecule has 0 spiro atoms. The minimum absolute atomic E-state index is 0.192. The van der Waals surface area contributed by atoms with Crippen molar-refractivity contribution in [2.24, 2.45) is 0 Å². The summed E-state index contributed by atoms with van der Waals surface area (Å²) in [5.74, 6) is 0.980. The SMILES string of the molecule is CCNc1nc(Nc2ccccc2OC(F)(F)F)cc(C2CC2)n1. The second kappa shape index (κ2) is 6.54. The summed E-state index contributed by atoms with van der Waals surface area (Å²) in [6.45, 7) is 2.58. The van der Waals surface area contributed by atoms with Gasteiger partial charge in [-0.25, -0.2) is 4.98 Å². The summed E-state index contributed by atoms with van der Waals surface area (Å²) >= 11 is 0. The van der Waals surface area contributed by atoms with Crippen molar-refractivity contribution < 1.29 is 17.9 Å². The predicted molar refractivity (Wildman–Crippen MR) is 84.6 cm³/mol. The molecule has 128 valence electrons. The van der Waals surface area contributed by atoms with Crippen LogP contribution in [0.4, 0.5) is 30.6 Å². The zero-order valence-electron chi connectivity index (χ0n) is 13.0. The second-order valence-electron chi connectivity index (χ2n) is 5.48. The third kappa shape index (κ3) is 4.27. The molecule has 3 rings (SSSR count). The van der Waals surface area contributed by atoms with Gasteiger partial charge in [0.05, 0.1) is 11.4 Å². The number of anilines is 3. The highest BCUT2D eigenvalue weighted by Crippen LogP contribution is 2.40. The van der Waals surface area contributed by atoms with Crippen molar-refractivity contribution in [3.63, 3.8) is 0 Å². The van der Waals surface area contributed by atoms with Crippen molar-refractivity contribution in [2.45, 2.75) is 32.0 Å². The number of nitrogens with zero attached hydrogens (tertiary/aromatic N) is 2. The van der Waals surface area contributed by atoms with E-state index in [0.717, 1.165) is 18.5 Å². The van der Waals surface area contributed by atoms with Crippen molar-refractivity contribution >= 4 is 17.5 Å². The molecule has 2 aromatic rings. The Kier molecular flexibility index (Phi) is 4.46. The Bertz CT molecular complexity index is 717. The Morgan fingerprint density at radius 1 is 1.21 bits per heavy atom. The molecular formula is C16H17F3N4O. The fourth-order valence-corrected chi connectivity index (χ4v) is 2.28. The maximum absolute atomic E-state index is 12.5. The van der Waals surface area contributed by atoms with Gasteiger partial charge >= 0.3 is 6.36 Å². The maximum Gasteiger partial charge on any atom is 0.573 e. The number of ether oxygens (including phenoxy) is 1. The Morgan fingerprint density at radius 3 is 2.62 bits per heavy atom. The van der Waals surface area contributed by atoms with Crippen LogP contribution < -0.4 is 15.4 Å². The number of nitrogens with one attached hydrogen (secondary N) is 2. The standard InChI is InChI=1S/C16H17F3N4O/c1-2-20-15-22-12(10-7-8-10)9-14(23-15)21-11-5-3-4-6-13(11)24-16(17,18)19/h3-6,9-10H,2,7-8H2,1H3,(H2,20,21,22,23). The van der Waals surface area contributed by atoms with Crippen molar-refractivity contribution in [2.75, 3.05) is 17.2 Å². The van der Waals surface area contributed by atoms with E-state index in [1.54, 1.807) is 12.1 Å². The first kappa shape index (κ1) is 16.4. The summed E-state index contributed by atoms with van der Waals surface area (Å²) in [6, 6.07) is 7.63. The van der Waals surface area contributed by atoms with Crippen LogP contribution in [-0.2, 0) is 0 Å². The van der Waals surface area contributed by atoms with E-state index < -0.39 is 6.36 Å². The minimum Gasteiger partial charge on any atom is -0.404 e. The zero-order chi connectivity index (χ0) is 17.2. The average molecular weight is 338 g/mol. The van der Waals surface area contributed by atoms with E-state index in [9.17, 15) is 13.2 Å². The summed E-state index contributed by atoms with van der Waals surface area (Å²) in [7, 11) is 0. The molecule has 1 saturated carbocycles. The van der Waals surface area contributed by atoms with Gasteiger partial charge in [-0.1, -0.05) is 12.1 Å². The van der Waals surface area contributed by atoms with Gasteiger partial charge in [-0.15, -0.1) is 13.2 Å². The molecule has 1 fully saturated rings. The zero-order valence-corrected chi connectivity index (χ0v) is 13.0. The Morgan fingerprint density at radius 2 is 1.96 bits per heavy atom. The van der Waals surface area contributed by atoms with Crippen LogP contribution in [0.2, 0.25) is 0 Å². The quantitative estimate of drug-likeness (QED) is 0.816. The molecule has 0 radical (unpaired) electrons. The molecule has 5 nitrogen and oxygen atoms in total. The fourth-order valence-electron chi connectivity index (χ4n) is 2.28. The van der Waals surface area contributed by atoms with Crippen molar-refractivity contribution in [3.8, 4) is 5.75 Å². The summed E-state index contributed by atoms with van der Waals surface area (Å²) < 4.78 is 41.6. The summed E-state index contributed by atoms with van der Waals surface area (Å²) in [6.07, 6.45) is -2.62. The highest BCUT2D eigenvalue weighted by atomic mass is 19.4. The number of halogens is 3. The van der Waals surface area contributed by atoms with E-state index >= 15 is 0 Å². The number of rotatable bonds is 6. The van der Waals surface area contributed by atoms with Crippen LogP contribution in [0.15, 0.2) is 30.3 Å². The van der Waals surface area contributed by atoms with Gasteiger partial charge in [-0.3, -0.25) is 0 Å². The highest BCUT2D eigenvalue weighted by molar-refractivity contribution is 5.65. The first-order valence-electron chi connectivity index (χ1n) is 7.69. The fraction of sp³-hybridized carbons (Fsp3) is 0.375. The molecule has 0 amide bonds. The van der Waals surface area contributed by atoms with E-state index in [4.69, 9.17) is 0 Å². The van der Waals surface area contributed by atoms with Gasteiger partial charge in [0.25, 0.3) is 0 Å². The van der Waals surface area contributed by atoms with Crippen LogP contribution in [0.3, 0.4) is 0 Å². The minimum atomic E-state index is -4.75. The van der Waals surface area contributed by atoms with Crippen molar-refractivity contribution in [1.29, 1.82) is 0 Å². The third-order valence-electron chi connectivity index (χ3n) is 3.45. The Labute approximate surface area is 137 Å². The van der Waals surface area contributed by atoms with Crippen LogP contribution in [-0.4, -0.2) is 22.9 Å². The molecular weight excluding hydrogens is 321 g/mol. The molecule has 0 saturated heterocycles. The average Bonchev–Trinajstić information content (AvgIpc) is 3.33. The van der Waals surface area contributed by atoms with Crippen LogP contribution in [0.5, 0.6) is 5.75 Å². The molecule has 0 aliphatic heterocycles. The van der Waals surface area contributed by atoms with Gasteiger partial charge in [0, 0.05) is 18.5 Å². The van der Waals surface area contributed by atoms with Gasteiger partial charge in [-0.2, -0.15) is 4.98 Å². The molecule has 2 N–H and O–H groups in total. The number of alkyl halides is 3. The van der Waals surface area contributed by atoms with E-state index in [1.807, 2.05) is 6.92 Å². The lowest BCUT2D eigenvalue weighted by atomic mass is 10.2. The summed E-state index contributed by atoms with van der Waals surface area (Å²) in [5.41, 5.74) is 1.08. The molecule has 0 bridgehead atoms. The molecule has 0 atom stereocenters. The molecule has 0 unspecified atom stereocenters. The Hall–Kier alpha value is -2.51. The van der Waals surface area contributed by atoms with E-state index in [2.05, 4.69) is 25.3 Å². The van der Waals surface area contributed by atoms with Gasteiger partial charge in [0.15, 0.2) is 5.75 Å². The maximum atomic E-state index is 12.5. The molecule has 24 heavy (non-hydrogen) atoms. The number of hydrogen-bond acceptors (Lipinski definition) is 5. The number of aromatic nitrogens is 2. The van der Waals surface area contributed by atoms with Crippen LogP contribution >= 0.6 is 0 Å². The Balaban J connectivity index is 1.88. The van der Waals surface area contributed by atoms with Gasteiger partial charge < -0.3 is 15.4 Å².